The van der Waals surface area contributed by atoms with Gasteiger partial charge in [0.15, 0.2) is 6.10 Å². The molecule has 6 heteroatoms. The summed E-state index contributed by atoms with van der Waals surface area (Å²) in [4.78, 5) is 37.8. The standard InChI is InChI=1S/C53H94O6/c1-4-7-10-13-16-19-21-23-24-25-26-27-28-30-31-34-37-40-43-46-52(55)58-49-50(48-57-51(54)45-42-39-36-33-18-15-12-9-6-3)59-53(56)47-44-41-38-35-32-29-22-20-17-14-11-8-5-2/h16,19,21,23,29,32-33,36,50H,4-15,17-18,20,22,24-28,30-31,34-35,37-49H2,1-3H3/b19-16-,23-21-,32-29-,36-33-. The van der Waals surface area contributed by atoms with E-state index < -0.39 is 6.10 Å². The summed E-state index contributed by atoms with van der Waals surface area (Å²) in [6, 6.07) is 0. The summed E-state index contributed by atoms with van der Waals surface area (Å²) in [6.07, 6.45) is 56.8. The first-order valence-electron chi connectivity index (χ1n) is 25.2. The number of hydrogen-bond acceptors (Lipinski definition) is 6. The van der Waals surface area contributed by atoms with Crippen LogP contribution in [0.25, 0.3) is 0 Å². The van der Waals surface area contributed by atoms with Gasteiger partial charge < -0.3 is 14.2 Å². The fourth-order valence-electron chi connectivity index (χ4n) is 6.96. The molecule has 1 unspecified atom stereocenters. The SMILES string of the molecule is CCCCC/C=C\C=C/CCCCCCCCCCCCC(=O)OCC(COC(=O)CCC/C=C\CCCCCC)OC(=O)CCCCC/C=C\CCCCCCCC. The Kier molecular flexibility index (Phi) is 45.9. The zero-order valence-electron chi connectivity index (χ0n) is 39.0. The molecule has 0 aliphatic rings. The second-order valence-corrected chi connectivity index (χ2v) is 16.7. The van der Waals surface area contributed by atoms with Gasteiger partial charge in [0, 0.05) is 19.3 Å². The minimum atomic E-state index is -0.790. The van der Waals surface area contributed by atoms with Crippen LogP contribution >= 0.6 is 0 Å². The van der Waals surface area contributed by atoms with Gasteiger partial charge in [-0.2, -0.15) is 0 Å². The molecule has 0 aromatic carbocycles. The zero-order valence-corrected chi connectivity index (χ0v) is 39.0. The molecule has 0 aliphatic heterocycles. The van der Waals surface area contributed by atoms with E-state index >= 15 is 0 Å². The lowest BCUT2D eigenvalue weighted by Gasteiger charge is -2.18. The summed E-state index contributed by atoms with van der Waals surface area (Å²) < 4.78 is 16.7. The number of carbonyl (C=O) groups is 3. The Morgan fingerprint density at radius 1 is 0.339 bits per heavy atom. The molecule has 0 heterocycles. The molecule has 0 saturated heterocycles. The average Bonchev–Trinajstić information content (AvgIpc) is 3.23. The molecule has 0 radical (unpaired) electrons. The normalized spacial score (nSPS) is 12.4. The number of carbonyl (C=O) groups excluding carboxylic acids is 3. The molecule has 0 amide bonds. The van der Waals surface area contributed by atoms with Gasteiger partial charge in [-0.3, -0.25) is 14.4 Å². The number of ether oxygens (including phenoxy) is 3. The predicted molar refractivity (Wildman–Crippen MR) is 252 cm³/mol. The van der Waals surface area contributed by atoms with Crippen molar-refractivity contribution in [2.45, 2.75) is 258 Å². The topological polar surface area (TPSA) is 78.9 Å². The number of allylic oxidation sites excluding steroid dienone is 8. The molecule has 342 valence electrons. The van der Waals surface area contributed by atoms with Crippen LogP contribution in [-0.4, -0.2) is 37.2 Å². The van der Waals surface area contributed by atoms with E-state index in [0.717, 1.165) is 64.2 Å². The van der Waals surface area contributed by atoms with Crippen LogP contribution in [0.5, 0.6) is 0 Å². The molecule has 0 rings (SSSR count). The molecule has 1 atom stereocenters. The molecule has 0 bridgehead atoms. The quantitative estimate of drug-likeness (QED) is 0.0200. The first-order valence-corrected chi connectivity index (χ1v) is 25.2. The lowest BCUT2D eigenvalue weighted by atomic mass is 10.1. The average molecular weight is 827 g/mol. The van der Waals surface area contributed by atoms with Crippen LogP contribution in [0.4, 0.5) is 0 Å². The van der Waals surface area contributed by atoms with Crippen LogP contribution in [0.2, 0.25) is 0 Å². The largest absolute Gasteiger partial charge is 0.462 e. The van der Waals surface area contributed by atoms with E-state index in [1.165, 1.54) is 141 Å². The number of rotatable bonds is 45. The maximum atomic E-state index is 12.7. The van der Waals surface area contributed by atoms with Gasteiger partial charge in [-0.25, -0.2) is 0 Å². The highest BCUT2D eigenvalue weighted by molar-refractivity contribution is 5.71. The van der Waals surface area contributed by atoms with E-state index in [0.29, 0.717) is 25.7 Å². The smallest absolute Gasteiger partial charge is 0.306 e. The van der Waals surface area contributed by atoms with Crippen LogP contribution in [-0.2, 0) is 28.6 Å². The van der Waals surface area contributed by atoms with Crippen molar-refractivity contribution >= 4 is 17.9 Å². The van der Waals surface area contributed by atoms with Crippen molar-refractivity contribution in [3.63, 3.8) is 0 Å². The van der Waals surface area contributed by atoms with Crippen molar-refractivity contribution in [2.75, 3.05) is 13.2 Å². The second kappa shape index (κ2) is 48.0. The van der Waals surface area contributed by atoms with Crippen molar-refractivity contribution in [1.29, 1.82) is 0 Å². The highest BCUT2D eigenvalue weighted by atomic mass is 16.6. The Morgan fingerprint density at radius 3 is 1.08 bits per heavy atom. The Bertz CT molecular complexity index is 1040. The monoisotopic (exact) mass is 827 g/mol. The molecule has 0 aromatic rings. The number of hydrogen-bond donors (Lipinski definition) is 0. The van der Waals surface area contributed by atoms with E-state index in [9.17, 15) is 14.4 Å². The summed E-state index contributed by atoms with van der Waals surface area (Å²) in [5.41, 5.74) is 0. The van der Waals surface area contributed by atoms with Gasteiger partial charge in [-0.1, -0.05) is 191 Å². The van der Waals surface area contributed by atoms with Gasteiger partial charge in [0.25, 0.3) is 0 Å². The van der Waals surface area contributed by atoms with Crippen molar-refractivity contribution < 1.29 is 28.6 Å². The molecule has 0 N–H and O–H groups in total. The third kappa shape index (κ3) is 46.3. The Morgan fingerprint density at radius 2 is 0.627 bits per heavy atom. The molecule has 0 spiro atoms. The second-order valence-electron chi connectivity index (χ2n) is 16.7. The predicted octanol–water partition coefficient (Wildman–Crippen LogP) is 16.3. The number of unbranched alkanes of at least 4 members (excludes halogenated alkanes) is 27. The molecule has 0 aromatic heterocycles. The maximum absolute atomic E-state index is 12.7. The molecular formula is C53H94O6. The van der Waals surface area contributed by atoms with Gasteiger partial charge >= 0.3 is 17.9 Å². The first kappa shape index (κ1) is 56.4. The molecule has 0 saturated carbocycles. The van der Waals surface area contributed by atoms with Gasteiger partial charge in [0.1, 0.15) is 13.2 Å². The molecular weight excluding hydrogens is 733 g/mol. The maximum Gasteiger partial charge on any atom is 0.306 e. The highest BCUT2D eigenvalue weighted by Crippen LogP contribution is 2.14. The van der Waals surface area contributed by atoms with Crippen LogP contribution < -0.4 is 0 Å². The van der Waals surface area contributed by atoms with Gasteiger partial charge in [0.05, 0.1) is 0 Å². The molecule has 0 aliphatic carbocycles. The first-order chi connectivity index (χ1) is 29.0. The Balaban J connectivity index is 4.32. The summed E-state index contributed by atoms with van der Waals surface area (Å²) in [5, 5.41) is 0. The van der Waals surface area contributed by atoms with E-state index in [1.54, 1.807) is 0 Å². The van der Waals surface area contributed by atoms with Crippen LogP contribution in [0.3, 0.4) is 0 Å². The fraction of sp³-hybridized carbons (Fsp3) is 0.792. The van der Waals surface area contributed by atoms with Gasteiger partial charge in [0.2, 0.25) is 0 Å². The van der Waals surface area contributed by atoms with Crippen molar-refractivity contribution in [3.8, 4) is 0 Å². The highest BCUT2D eigenvalue weighted by Gasteiger charge is 2.19. The minimum absolute atomic E-state index is 0.0888. The van der Waals surface area contributed by atoms with Crippen molar-refractivity contribution in [1.82, 2.24) is 0 Å². The fourth-order valence-corrected chi connectivity index (χ4v) is 6.96. The third-order valence-electron chi connectivity index (χ3n) is 10.8. The number of esters is 3. The van der Waals surface area contributed by atoms with Crippen LogP contribution in [0.15, 0.2) is 48.6 Å². The summed E-state index contributed by atoms with van der Waals surface area (Å²) in [5.74, 6) is -0.942. The molecule has 6 nitrogen and oxygen atoms in total. The van der Waals surface area contributed by atoms with Gasteiger partial charge in [-0.05, 0) is 89.9 Å². The lowest BCUT2D eigenvalue weighted by molar-refractivity contribution is -0.167. The zero-order chi connectivity index (χ0) is 43.0. The Labute approximate surface area is 365 Å². The lowest BCUT2D eigenvalue weighted by Crippen LogP contribution is -2.30. The van der Waals surface area contributed by atoms with Crippen LogP contribution in [0.1, 0.15) is 252 Å². The van der Waals surface area contributed by atoms with E-state index in [2.05, 4.69) is 69.4 Å². The van der Waals surface area contributed by atoms with Crippen molar-refractivity contribution in [2.24, 2.45) is 0 Å². The van der Waals surface area contributed by atoms with E-state index in [1.807, 2.05) is 0 Å². The van der Waals surface area contributed by atoms with E-state index in [4.69, 9.17) is 14.2 Å². The molecule has 59 heavy (non-hydrogen) atoms. The summed E-state index contributed by atoms with van der Waals surface area (Å²) in [6.45, 7) is 6.53. The van der Waals surface area contributed by atoms with Gasteiger partial charge in [-0.15, -0.1) is 0 Å². The van der Waals surface area contributed by atoms with Crippen molar-refractivity contribution in [3.05, 3.63) is 48.6 Å². The summed E-state index contributed by atoms with van der Waals surface area (Å²) in [7, 11) is 0. The minimum Gasteiger partial charge on any atom is -0.462 e. The summed E-state index contributed by atoms with van der Waals surface area (Å²) >= 11 is 0. The van der Waals surface area contributed by atoms with E-state index in [-0.39, 0.29) is 31.1 Å². The third-order valence-corrected chi connectivity index (χ3v) is 10.8. The Hall–Kier alpha value is -2.63. The van der Waals surface area contributed by atoms with Crippen LogP contribution in [0, 0.1) is 0 Å². The molecule has 0 fully saturated rings.